The molecule has 1 aliphatic rings. The number of anilines is 2. The minimum Gasteiger partial charge on any atom is -0.509 e. The van der Waals surface area contributed by atoms with Gasteiger partial charge in [0.1, 0.15) is 5.82 Å². The van der Waals surface area contributed by atoms with Crippen molar-refractivity contribution in [2.75, 3.05) is 9.80 Å². The van der Waals surface area contributed by atoms with Gasteiger partial charge in [-0.25, -0.2) is 4.98 Å². The second-order valence-electron chi connectivity index (χ2n) is 22.0. The summed E-state index contributed by atoms with van der Waals surface area (Å²) < 4.78 is 9.15. The number of pyridine rings is 1. The van der Waals surface area contributed by atoms with Gasteiger partial charge in [-0.3, -0.25) is 0 Å². The number of benzene rings is 5. The average Bonchev–Trinajstić information content (AvgIpc) is 3.78. The van der Waals surface area contributed by atoms with Crippen molar-refractivity contribution in [1.82, 2.24) is 9.55 Å². The first kappa shape index (κ1) is 46.9. The third-order valence-corrected chi connectivity index (χ3v) is 11.9. The molecule has 6 heteroatoms. The maximum atomic E-state index is 6.93. The molecular formula is C58H65N4OPt-3. The third-order valence-electron chi connectivity index (χ3n) is 11.9. The van der Waals surface area contributed by atoms with Crippen LogP contribution in [0.3, 0.4) is 0 Å². The Labute approximate surface area is 397 Å². The van der Waals surface area contributed by atoms with Crippen molar-refractivity contribution in [2.45, 2.75) is 114 Å². The van der Waals surface area contributed by atoms with E-state index in [9.17, 15) is 0 Å². The predicted octanol–water partition coefficient (Wildman–Crippen LogP) is 15.8. The van der Waals surface area contributed by atoms with Gasteiger partial charge in [-0.05, 0) is 81.1 Å². The molecule has 8 rings (SSSR count). The number of ether oxygens (including phenoxy) is 1. The van der Waals surface area contributed by atoms with Gasteiger partial charge >= 0.3 is 0 Å². The van der Waals surface area contributed by atoms with E-state index in [-0.39, 0.29) is 42.7 Å². The summed E-state index contributed by atoms with van der Waals surface area (Å²) >= 11 is 0. The Hall–Kier alpha value is -5.12. The number of nitrogens with zero attached hydrogens (tertiary/aromatic N) is 4. The standard InChI is InChI=1S/C58H65N4O.Pt/c1-38(2)28-39-26-27-59-52(29-39)62-50-23-19-18-22-48(50)49-25-24-46(36-51(49)62)63-47-31-41(40-20-16-15-17-21-40)30-44(35-47)60-37-61(54(58(12,13)14)53(60)57(9,10)11)45-33-42(55(3,4)5)32-43(34-45)56(6,7)8;/h15-27,29-34,37-38H,28H2,1-14H3;/q-3;. The molecule has 0 spiro atoms. The number of fused-ring (bicyclic) bond motifs is 3. The second kappa shape index (κ2) is 17.4. The van der Waals surface area contributed by atoms with E-state index in [1.54, 1.807) is 0 Å². The maximum Gasteiger partial charge on any atom is 0.135 e. The van der Waals surface area contributed by atoms with Crippen molar-refractivity contribution in [2.24, 2.45) is 16.7 Å². The zero-order chi connectivity index (χ0) is 45.2. The van der Waals surface area contributed by atoms with E-state index in [0.717, 1.165) is 50.9 Å². The quantitative estimate of drug-likeness (QED) is 0.142. The Bertz CT molecular complexity index is 2810. The predicted molar refractivity (Wildman–Crippen MR) is 266 cm³/mol. The van der Waals surface area contributed by atoms with E-state index >= 15 is 0 Å². The fraction of sp³-hybridized carbons (Fsp3) is 0.345. The fourth-order valence-corrected chi connectivity index (χ4v) is 8.87. The van der Waals surface area contributed by atoms with Crippen molar-refractivity contribution in [3.8, 4) is 28.4 Å². The zero-order valence-corrected chi connectivity index (χ0v) is 42.6. The van der Waals surface area contributed by atoms with E-state index in [2.05, 4.69) is 233 Å². The number of aromatic nitrogens is 2. The smallest absolute Gasteiger partial charge is 0.135 e. The monoisotopic (exact) mass is 1030 g/mol. The van der Waals surface area contributed by atoms with Crippen LogP contribution in [-0.2, 0) is 38.3 Å². The van der Waals surface area contributed by atoms with Gasteiger partial charge in [-0.15, -0.1) is 53.6 Å². The first-order chi connectivity index (χ1) is 29.6. The van der Waals surface area contributed by atoms with Crippen molar-refractivity contribution in [1.29, 1.82) is 0 Å². The normalized spacial score (nSPS) is 14.0. The van der Waals surface area contributed by atoms with Crippen LogP contribution >= 0.6 is 0 Å². The Morgan fingerprint density at radius 2 is 1.22 bits per heavy atom. The summed E-state index contributed by atoms with van der Waals surface area (Å²) in [6, 6.07) is 46.6. The van der Waals surface area contributed by atoms with E-state index in [1.165, 1.54) is 33.8 Å². The van der Waals surface area contributed by atoms with Gasteiger partial charge in [-0.1, -0.05) is 157 Å². The van der Waals surface area contributed by atoms with Crippen molar-refractivity contribution in [3.05, 3.63) is 162 Å². The minimum atomic E-state index is -0.229. The van der Waals surface area contributed by atoms with Gasteiger partial charge in [-0.2, -0.15) is 6.07 Å². The molecule has 0 unspecified atom stereocenters. The Morgan fingerprint density at radius 1 is 0.594 bits per heavy atom. The molecule has 0 amide bonds. The van der Waals surface area contributed by atoms with Gasteiger partial charge < -0.3 is 19.1 Å². The number of rotatable bonds is 8. The molecule has 0 atom stereocenters. The van der Waals surface area contributed by atoms with Gasteiger partial charge in [0.2, 0.25) is 0 Å². The van der Waals surface area contributed by atoms with Gasteiger partial charge in [0.05, 0.1) is 0 Å². The third kappa shape index (κ3) is 9.48. The SMILES string of the molecule is CC(C)Cc1ccnc(-n2c3[c-]c(Oc4[c-]c(N5[CH-]N(c6cc(C(C)(C)C)cc(C(C)(C)C)c6)C(C(C)(C)C)=C5C(C)(C)C)cc(-c5ccccc5)c4)ccc3c3ccccc32)c1.[Pt]. The van der Waals surface area contributed by atoms with Crippen LogP contribution in [0.25, 0.3) is 38.8 Å². The van der Waals surface area contributed by atoms with Gasteiger partial charge in [0.15, 0.2) is 0 Å². The summed E-state index contributed by atoms with van der Waals surface area (Å²) in [6.45, 7) is 34.6. The number of para-hydroxylation sites is 1. The Morgan fingerprint density at radius 3 is 1.84 bits per heavy atom. The summed E-state index contributed by atoms with van der Waals surface area (Å²) in [7, 11) is 0. The van der Waals surface area contributed by atoms with Crippen LogP contribution in [0.4, 0.5) is 11.4 Å². The molecule has 5 aromatic carbocycles. The van der Waals surface area contributed by atoms with Crippen LogP contribution < -0.4 is 14.5 Å². The fourth-order valence-electron chi connectivity index (χ4n) is 8.87. The second-order valence-corrected chi connectivity index (χ2v) is 22.0. The van der Waals surface area contributed by atoms with E-state index < -0.39 is 0 Å². The molecule has 0 bridgehead atoms. The molecule has 0 aliphatic carbocycles. The summed E-state index contributed by atoms with van der Waals surface area (Å²) in [5.41, 5.74) is 12.1. The molecular weight excluding hydrogens is 964 g/mol. The number of hydrogen-bond donors (Lipinski definition) is 0. The molecule has 0 fully saturated rings. The van der Waals surface area contributed by atoms with Crippen molar-refractivity contribution in [3.63, 3.8) is 0 Å². The summed E-state index contributed by atoms with van der Waals surface area (Å²) in [4.78, 5) is 9.70. The van der Waals surface area contributed by atoms with E-state index in [1.807, 2.05) is 12.3 Å². The molecule has 7 aromatic rings. The first-order valence-corrected chi connectivity index (χ1v) is 22.6. The van der Waals surface area contributed by atoms with Crippen LogP contribution in [0, 0.1) is 35.5 Å². The molecule has 0 saturated heterocycles. The van der Waals surface area contributed by atoms with Crippen LogP contribution in [0.15, 0.2) is 127 Å². The molecule has 64 heavy (non-hydrogen) atoms. The van der Waals surface area contributed by atoms with Crippen molar-refractivity contribution < 1.29 is 25.8 Å². The summed E-state index contributed by atoms with van der Waals surface area (Å²) in [5, 5.41) is 2.25. The maximum absolute atomic E-state index is 6.93. The molecule has 0 N–H and O–H groups in total. The van der Waals surface area contributed by atoms with E-state index in [0.29, 0.717) is 17.4 Å². The molecule has 2 aromatic heterocycles. The molecule has 1 aliphatic heterocycles. The van der Waals surface area contributed by atoms with Gasteiger partial charge in [0.25, 0.3) is 0 Å². The molecule has 336 valence electrons. The molecule has 0 radical (unpaired) electrons. The molecule has 0 saturated carbocycles. The van der Waals surface area contributed by atoms with Crippen LogP contribution in [0.5, 0.6) is 11.5 Å². The minimum absolute atomic E-state index is 0. The zero-order valence-electron chi connectivity index (χ0n) is 40.3. The summed E-state index contributed by atoms with van der Waals surface area (Å²) in [6.07, 6.45) is 2.91. The topological polar surface area (TPSA) is 33.5 Å². The number of allylic oxidation sites excluding steroid dienone is 2. The van der Waals surface area contributed by atoms with E-state index in [4.69, 9.17) is 9.72 Å². The Balaban J connectivity index is 0.00000612. The summed E-state index contributed by atoms with van der Waals surface area (Å²) in [5.74, 6) is 2.64. The molecule has 5 nitrogen and oxygen atoms in total. The van der Waals surface area contributed by atoms with Crippen molar-refractivity contribution >= 4 is 33.2 Å². The molecule has 3 heterocycles. The van der Waals surface area contributed by atoms with Crippen LogP contribution in [0.2, 0.25) is 0 Å². The van der Waals surface area contributed by atoms with Gasteiger partial charge in [0, 0.05) is 72.2 Å². The Kier molecular flexibility index (Phi) is 12.7. The largest absolute Gasteiger partial charge is 0.509 e. The first-order valence-electron chi connectivity index (χ1n) is 22.6. The van der Waals surface area contributed by atoms with Crippen LogP contribution in [-0.4, -0.2) is 9.55 Å². The average molecular weight is 1030 g/mol. The van der Waals surface area contributed by atoms with Crippen LogP contribution in [0.1, 0.15) is 114 Å². The number of hydrogen-bond acceptors (Lipinski definition) is 4.